The van der Waals surface area contributed by atoms with Gasteiger partial charge in [-0.1, -0.05) is 32.1 Å². The standard InChI is InChI=1S/C12H24N2O/c1-3-14(2)12(15)13-10-9-11-7-5-4-6-8-11/h11H,3-10H2,1-2H3,(H,13,15). The van der Waals surface area contributed by atoms with Crippen LogP contribution in [-0.2, 0) is 0 Å². The molecule has 1 rings (SSSR count). The fraction of sp³-hybridized carbons (Fsp3) is 0.917. The van der Waals surface area contributed by atoms with E-state index in [4.69, 9.17) is 0 Å². The van der Waals surface area contributed by atoms with Gasteiger partial charge < -0.3 is 10.2 Å². The predicted octanol–water partition coefficient (Wildman–Crippen LogP) is 2.62. The molecular formula is C12H24N2O. The normalized spacial score (nSPS) is 17.5. The fourth-order valence-electron chi connectivity index (χ4n) is 2.14. The molecule has 15 heavy (non-hydrogen) atoms. The molecule has 2 amide bonds. The van der Waals surface area contributed by atoms with Gasteiger partial charge in [-0.05, 0) is 19.3 Å². The average Bonchev–Trinajstić information content (AvgIpc) is 2.29. The number of urea groups is 1. The molecule has 0 aromatic rings. The number of hydrogen-bond acceptors (Lipinski definition) is 1. The van der Waals surface area contributed by atoms with E-state index < -0.39 is 0 Å². The highest BCUT2D eigenvalue weighted by Crippen LogP contribution is 2.25. The Morgan fingerprint density at radius 1 is 1.33 bits per heavy atom. The molecule has 0 heterocycles. The third kappa shape index (κ3) is 4.54. The zero-order valence-corrected chi connectivity index (χ0v) is 10.1. The van der Waals surface area contributed by atoms with Gasteiger partial charge in [0, 0.05) is 20.1 Å². The molecule has 1 N–H and O–H groups in total. The number of nitrogens with one attached hydrogen (secondary N) is 1. The number of hydrogen-bond donors (Lipinski definition) is 1. The maximum atomic E-state index is 11.4. The Hall–Kier alpha value is -0.730. The molecule has 88 valence electrons. The van der Waals surface area contributed by atoms with Crippen molar-refractivity contribution in [2.24, 2.45) is 5.92 Å². The Morgan fingerprint density at radius 3 is 2.60 bits per heavy atom. The van der Waals surface area contributed by atoms with E-state index in [1.807, 2.05) is 14.0 Å². The Morgan fingerprint density at radius 2 is 2.00 bits per heavy atom. The van der Waals surface area contributed by atoms with Crippen molar-refractivity contribution in [3.05, 3.63) is 0 Å². The smallest absolute Gasteiger partial charge is 0.317 e. The largest absolute Gasteiger partial charge is 0.338 e. The van der Waals surface area contributed by atoms with Gasteiger partial charge in [0.2, 0.25) is 0 Å². The van der Waals surface area contributed by atoms with Crippen molar-refractivity contribution in [1.82, 2.24) is 10.2 Å². The fourth-order valence-corrected chi connectivity index (χ4v) is 2.14. The van der Waals surface area contributed by atoms with E-state index in [2.05, 4.69) is 5.32 Å². The highest BCUT2D eigenvalue weighted by molar-refractivity contribution is 5.73. The third-order valence-corrected chi connectivity index (χ3v) is 3.37. The second-order valence-corrected chi connectivity index (χ2v) is 4.54. The quantitative estimate of drug-likeness (QED) is 0.763. The van der Waals surface area contributed by atoms with Crippen LogP contribution in [0.25, 0.3) is 0 Å². The SMILES string of the molecule is CCN(C)C(=O)NCCC1CCCCC1. The predicted molar refractivity (Wildman–Crippen MR) is 62.9 cm³/mol. The molecule has 1 aliphatic carbocycles. The van der Waals surface area contributed by atoms with Crippen LogP contribution in [0.3, 0.4) is 0 Å². The van der Waals surface area contributed by atoms with E-state index in [1.165, 1.54) is 32.1 Å². The number of nitrogens with zero attached hydrogens (tertiary/aromatic N) is 1. The Labute approximate surface area is 93.2 Å². The first-order chi connectivity index (χ1) is 7.24. The Bertz CT molecular complexity index is 188. The summed E-state index contributed by atoms with van der Waals surface area (Å²) in [5, 5.41) is 2.97. The molecule has 0 spiro atoms. The zero-order chi connectivity index (χ0) is 11.1. The van der Waals surface area contributed by atoms with Crippen LogP contribution in [0.2, 0.25) is 0 Å². The van der Waals surface area contributed by atoms with Gasteiger partial charge in [-0.25, -0.2) is 4.79 Å². The van der Waals surface area contributed by atoms with Gasteiger partial charge in [0.25, 0.3) is 0 Å². The van der Waals surface area contributed by atoms with E-state index in [9.17, 15) is 4.79 Å². The van der Waals surface area contributed by atoms with Crippen LogP contribution in [0.5, 0.6) is 0 Å². The second kappa shape index (κ2) is 6.70. The molecule has 0 aliphatic heterocycles. The van der Waals surface area contributed by atoms with Crippen molar-refractivity contribution < 1.29 is 4.79 Å². The summed E-state index contributed by atoms with van der Waals surface area (Å²) in [5.41, 5.74) is 0. The minimum absolute atomic E-state index is 0.0632. The van der Waals surface area contributed by atoms with Crippen LogP contribution in [0.4, 0.5) is 4.79 Å². The van der Waals surface area contributed by atoms with Gasteiger partial charge in [0.15, 0.2) is 0 Å². The maximum absolute atomic E-state index is 11.4. The second-order valence-electron chi connectivity index (χ2n) is 4.54. The first-order valence-corrected chi connectivity index (χ1v) is 6.23. The molecule has 3 nitrogen and oxygen atoms in total. The van der Waals surface area contributed by atoms with Crippen LogP contribution in [0.1, 0.15) is 45.4 Å². The molecule has 0 bridgehead atoms. The molecular weight excluding hydrogens is 188 g/mol. The Balaban J connectivity index is 2.07. The van der Waals surface area contributed by atoms with E-state index in [1.54, 1.807) is 4.90 Å². The molecule has 0 radical (unpaired) electrons. The van der Waals surface area contributed by atoms with Crippen LogP contribution >= 0.6 is 0 Å². The summed E-state index contributed by atoms with van der Waals surface area (Å²) in [6, 6.07) is 0.0632. The number of amides is 2. The van der Waals surface area contributed by atoms with Gasteiger partial charge in [0.05, 0.1) is 0 Å². The van der Waals surface area contributed by atoms with Crippen molar-refractivity contribution >= 4 is 6.03 Å². The molecule has 0 aromatic heterocycles. The summed E-state index contributed by atoms with van der Waals surface area (Å²) in [5.74, 6) is 0.853. The van der Waals surface area contributed by atoms with Crippen molar-refractivity contribution in [1.29, 1.82) is 0 Å². The summed E-state index contributed by atoms with van der Waals surface area (Å²) in [4.78, 5) is 13.1. The van der Waals surface area contributed by atoms with Crippen LogP contribution in [0, 0.1) is 5.92 Å². The lowest BCUT2D eigenvalue weighted by molar-refractivity contribution is 0.209. The number of rotatable bonds is 4. The summed E-state index contributed by atoms with van der Waals surface area (Å²) >= 11 is 0. The molecule has 1 saturated carbocycles. The van der Waals surface area contributed by atoms with E-state index in [0.717, 1.165) is 25.4 Å². The maximum Gasteiger partial charge on any atom is 0.317 e. The summed E-state index contributed by atoms with van der Waals surface area (Å²) in [6.07, 6.45) is 8.05. The van der Waals surface area contributed by atoms with E-state index in [0.29, 0.717) is 0 Å². The lowest BCUT2D eigenvalue weighted by Crippen LogP contribution is -2.38. The van der Waals surface area contributed by atoms with Gasteiger partial charge in [-0.2, -0.15) is 0 Å². The molecule has 0 aromatic carbocycles. The number of carbonyl (C=O) groups excluding carboxylic acids is 1. The lowest BCUT2D eigenvalue weighted by atomic mass is 9.87. The minimum Gasteiger partial charge on any atom is -0.338 e. The minimum atomic E-state index is 0.0632. The molecule has 0 saturated heterocycles. The highest BCUT2D eigenvalue weighted by atomic mass is 16.2. The lowest BCUT2D eigenvalue weighted by Gasteiger charge is -2.22. The topological polar surface area (TPSA) is 32.3 Å². The van der Waals surface area contributed by atoms with E-state index >= 15 is 0 Å². The first kappa shape index (κ1) is 12.3. The van der Waals surface area contributed by atoms with Gasteiger partial charge >= 0.3 is 6.03 Å². The van der Waals surface area contributed by atoms with Gasteiger partial charge in [-0.3, -0.25) is 0 Å². The van der Waals surface area contributed by atoms with Crippen molar-refractivity contribution in [2.45, 2.75) is 45.4 Å². The molecule has 0 atom stereocenters. The Kier molecular flexibility index (Phi) is 5.51. The van der Waals surface area contributed by atoms with Crippen LogP contribution < -0.4 is 5.32 Å². The molecule has 3 heteroatoms. The third-order valence-electron chi connectivity index (χ3n) is 3.37. The average molecular weight is 212 g/mol. The molecule has 1 fully saturated rings. The highest BCUT2D eigenvalue weighted by Gasteiger charge is 2.13. The molecule has 1 aliphatic rings. The van der Waals surface area contributed by atoms with Gasteiger partial charge in [0.1, 0.15) is 0 Å². The van der Waals surface area contributed by atoms with Crippen LogP contribution in [-0.4, -0.2) is 31.1 Å². The number of carbonyl (C=O) groups is 1. The first-order valence-electron chi connectivity index (χ1n) is 6.23. The van der Waals surface area contributed by atoms with Crippen molar-refractivity contribution in [2.75, 3.05) is 20.1 Å². The van der Waals surface area contributed by atoms with E-state index in [-0.39, 0.29) is 6.03 Å². The summed E-state index contributed by atoms with van der Waals surface area (Å²) in [7, 11) is 1.83. The monoisotopic (exact) mass is 212 g/mol. The van der Waals surface area contributed by atoms with Crippen molar-refractivity contribution in [3.8, 4) is 0 Å². The zero-order valence-electron chi connectivity index (χ0n) is 10.1. The summed E-state index contributed by atoms with van der Waals surface area (Å²) < 4.78 is 0. The van der Waals surface area contributed by atoms with Crippen LogP contribution in [0.15, 0.2) is 0 Å². The molecule has 0 unspecified atom stereocenters. The van der Waals surface area contributed by atoms with Gasteiger partial charge in [-0.15, -0.1) is 0 Å². The summed E-state index contributed by atoms with van der Waals surface area (Å²) in [6.45, 7) is 3.60. The van der Waals surface area contributed by atoms with Crippen molar-refractivity contribution in [3.63, 3.8) is 0 Å².